The van der Waals surface area contributed by atoms with E-state index >= 15 is 0 Å². The zero-order valence-corrected chi connectivity index (χ0v) is 11.2. The number of nitrogens with zero attached hydrogens (tertiary/aromatic N) is 1. The van der Waals surface area contributed by atoms with Gasteiger partial charge < -0.3 is 5.73 Å². The van der Waals surface area contributed by atoms with E-state index < -0.39 is 0 Å². The lowest BCUT2D eigenvalue weighted by Gasteiger charge is -2.21. The molecular formula is C14H22N2S. The molecule has 1 heterocycles. The maximum Gasteiger partial charge on any atom is 0.0236 e. The van der Waals surface area contributed by atoms with Gasteiger partial charge >= 0.3 is 0 Å². The lowest BCUT2D eigenvalue weighted by Crippen LogP contribution is -2.26. The van der Waals surface area contributed by atoms with Gasteiger partial charge in [0.15, 0.2) is 0 Å². The number of thioether (sulfide) groups is 1. The average molecular weight is 250 g/mol. The Kier molecular flexibility index (Phi) is 5.36. The second-order valence-electron chi connectivity index (χ2n) is 4.55. The number of hydrogen-bond acceptors (Lipinski definition) is 3. The maximum absolute atomic E-state index is 5.67. The highest BCUT2D eigenvalue weighted by molar-refractivity contribution is 7.99. The largest absolute Gasteiger partial charge is 0.330 e. The molecule has 0 aliphatic carbocycles. The highest BCUT2D eigenvalue weighted by Crippen LogP contribution is 2.16. The zero-order valence-electron chi connectivity index (χ0n) is 10.4. The van der Waals surface area contributed by atoms with Crippen molar-refractivity contribution in [2.75, 3.05) is 31.1 Å². The predicted molar refractivity (Wildman–Crippen MR) is 76.4 cm³/mol. The smallest absolute Gasteiger partial charge is 0.0236 e. The summed E-state index contributed by atoms with van der Waals surface area (Å²) < 4.78 is 0. The Bertz CT molecular complexity index is 333. The highest BCUT2D eigenvalue weighted by Gasteiger charge is 2.11. The molecule has 1 saturated heterocycles. The van der Waals surface area contributed by atoms with Crippen molar-refractivity contribution in [3.63, 3.8) is 0 Å². The van der Waals surface area contributed by atoms with Crippen LogP contribution < -0.4 is 5.73 Å². The van der Waals surface area contributed by atoms with Gasteiger partial charge in [0.25, 0.3) is 0 Å². The summed E-state index contributed by atoms with van der Waals surface area (Å²) in [4.78, 5) is 2.58. The molecule has 0 radical (unpaired) electrons. The molecule has 0 spiro atoms. The summed E-state index contributed by atoms with van der Waals surface area (Å²) in [5, 5.41) is 0. The van der Waals surface area contributed by atoms with E-state index in [0.717, 1.165) is 19.5 Å². The van der Waals surface area contributed by atoms with Gasteiger partial charge in [-0.3, -0.25) is 4.90 Å². The Morgan fingerprint density at radius 1 is 1.12 bits per heavy atom. The lowest BCUT2D eigenvalue weighted by atomic mass is 10.0. The summed E-state index contributed by atoms with van der Waals surface area (Å²) in [7, 11) is 0. The van der Waals surface area contributed by atoms with E-state index in [4.69, 9.17) is 5.73 Å². The first-order valence-electron chi connectivity index (χ1n) is 6.47. The van der Waals surface area contributed by atoms with Gasteiger partial charge in [0.05, 0.1) is 0 Å². The normalized spacial score (nSPS) is 17.9. The van der Waals surface area contributed by atoms with Crippen molar-refractivity contribution in [2.24, 2.45) is 5.73 Å². The second-order valence-corrected chi connectivity index (χ2v) is 5.77. The van der Waals surface area contributed by atoms with Crippen LogP contribution in [0.3, 0.4) is 0 Å². The number of nitrogens with two attached hydrogens (primary N) is 1. The molecule has 2 rings (SSSR count). The van der Waals surface area contributed by atoms with Crippen molar-refractivity contribution < 1.29 is 0 Å². The molecule has 1 aromatic carbocycles. The number of hydrogen-bond donors (Lipinski definition) is 1. The van der Waals surface area contributed by atoms with Crippen molar-refractivity contribution in [1.29, 1.82) is 0 Å². The van der Waals surface area contributed by atoms with E-state index in [1.807, 2.05) is 0 Å². The maximum atomic E-state index is 5.67. The van der Waals surface area contributed by atoms with Gasteiger partial charge in [0.1, 0.15) is 0 Å². The average Bonchev–Trinajstić information content (AvgIpc) is 2.61. The van der Waals surface area contributed by atoms with Crippen LogP contribution in [0.15, 0.2) is 24.3 Å². The summed E-state index contributed by atoms with van der Waals surface area (Å²) in [6.45, 7) is 4.30. The SMILES string of the molecule is NCCc1ccccc1CN1CCCSCC1. The molecule has 94 valence electrons. The van der Waals surface area contributed by atoms with Crippen LogP contribution in [0.1, 0.15) is 17.5 Å². The monoisotopic (exact) mass is 250 g/mol. The quantitative estimate of drug-likeness (QED) is 0.887. The number of benzene rings is 1. The highest BCUT2D eigenvalue weighted by atomic mass is 32.2. The van der Waals surface area contributed by atoms with E-state index in [0.29, 0.717) is 0 Å². The van der Waals surface area contributed by atoms with E-state index in [9.17, 15) is 0 Å². The van der Waals surface area contributed by atoms with Crippen molar-refractivity contribution in [3.05, 3.63) is 35.4 Å². The molecule has 2 N–H and O–H groups in total. The van der Waals surface area contributed by atoms with Crippen LogP contribution in [-0.4, -0.2) is 36.0 Å². The molecule has 17 heavy (non-hydrogen) atoms. The molecular weight excluding hydrogens is 228 g/mol. The van der Waals surface area contributed by atoms with E-state index in [1.54, 1.807) is 0 Å². The standard InChI is InChI=1S/C14H22N2S/c15-7-6-13-4-1-2-5-14(13)12-16-8-3-10-17-11-9-16/h1-2,4-5H,3,6-12,15H2. The van der Waals surface area contributed by atoms with Gasteiger partial charge in [-0.1, -0.05) is 24.3 Å². The third-order valence-electron chi connectivity index (χ3n) is 3.24. The minimum atomic E-state index is 0.743. The second kappa shape index (κ2) is 7.04. The van der Waals surface area contributed by atoms with Crippen LogP contribution in [0.25, 0.3) is 0 Å². The molecule has 3 heteroatoms. The molecule has 0 unspecified atom stereocenters. The van der Waals surface area contributed by atoms with E-state index in [1.165, 1.54) is 42.1 Å². The Morgan fingerprint density at radius 3 is 2.76 bits per heavy atom. The molecule has 1 fully saturated rings. The molecule has 0 bridgehead atoms. The Balaban J connectivity index is 2.00. The van der Waals surface area contributed by atoms with Gasteiger partial charge in [0, 0.05) is 18.8 Å². The fourth-order valence-electron chi connectivity index (χ4n) is 2.31. The van der Waals surface area contributed by atoms with Gasteiger partial charge in [-0.2, -0.15) is 11.8 Å². The third kappa shape index (κ3) is 4.02. The van der Waals surface area contributed by atoms with Crippen LogP contribution >= 0.6 is 11.8 Å². The van der Waals surface area contributed by atoms with Crippen molar-refractivity contribution in [3.8, 4) is 0 Å². The topological polar surface area (TPSA) is 29.3 Å². The first kappa shape index (κ1) is 12.9. The fourth-order valence-corrected chi connectivity index (χ4v) is 3.23. The molecule has 1 aliphatic heterocycles. The molecule has 0 amide bonds. The summed E-state index contributed by atoms with van der Waals surface area (Å²) in [6, 6.07) is 8.73. The summed E-state index contributed by atoms with van der Waals surface area (Å²) >= 11 is 2.08. The van der Waals surface area contributed by atoms with E-state index in [2.05, 4.69) is 40.9 Å². The van der Waals surface area contributed by atoms with Gasteiger partial charge in [-0.05, 0) is 42.8 Å². The summed E-state index contributed by atoms with van der Waals surface area (Å²) in [5.41, 5.74) is 8.56. The lowest BCUT2D eigenvalue weighted by molar-refractivity contribution is 0.286. The zero-order chi connectivity index (χ0) is 11.9. The van der Waals surface area contributed by atoms with Gasteiger partial charge in [-0.25, -0.2) is 0 Å². The van der Waals surface area contributed by atoms with Gasteiger partial charge in [-0.15, -0.1) is 0 Å². The van der Waals surface area contributed by atoms with E-state index in [-0.39, 0.29) is 0 Å². The minimum Gasteiger partial charge on any atom is -0.330 e. The summed E-state index contributed by atoms with van der Waals surface area (Å²) in [5.74, 6) is 2.60. The Labute approximate surface area is 109 Å². The molecule has 0 saturated carbocycles. The predicted octanol–water partition coefficient (Wildman–Crippen LogP) is 2.13. The molecule has 0 aromatic heterocycles. The Morgan fingerprint density at radius 2 is 1.94 bits per heavy atom. The van der Waals surface area contributed by atoms with Crippen molar-refractivity contribution in [2.45, 2.75) is 19.4 Å². The molecule has 0 atom stereocenters. The van der Waals surface area contributed by atoms with Crippen LogP contribution in [0, 0.1) is 0 Å². The van der Waals surface area contributed by atoms with Crippen molar-refractivity contribution >= 4 is 11.8 Å². The van der Waals surface area contributed by atoms with Crippen molar-refractivity contribution in [1.82, 2.24) is 4.90 Å². The van der Waals surface area contributed by atoms with Crippen LogP contribution in [-0.2, 0) is 13.0 Å². The number of rotatable bonds is 4. The Hall–Kier alpha value is -0.510. The minimum absolute atomic E-state index is 0.743. The molecule has 1 aromatic rings. The third-order valence-corrected chi connectivity index (χ3v) is 4.29. The first-order valence-corrected chi connectivity index (χ1v) is 7.62. The van der Waals surface area contributed by atoms with Crippen LogP contribution in [0.2, 0.25) is 0 Å². The fraction of sp³-hybridized carbons (Fsp3) is 0.571. The first-order chi connectivity index (χ1) is 8.40. The van der Waals surface area contributed by atoms with Crippen LogP contribution in [0.4, 0.5) is 0 Å². The molecule has 2 nitrogen and oxygen atoms in total. The molecule has 1 aliphatic rings. The van der Waals surface area contributed by atoms with Gasteiger partial charge in [0.2, 0.25) is 0 Å². The summed E-state index contributed by atoms with van der Waals surface area (Å²) in [6.07, 6.45) is 2.32. The van der Waals surface area contributed by atoms with Crippen LogP contribution in [0.5, 0.6) is 0 Å².